The van der Waals surface area contributed by atoms with E-state index in [-0.39, 0.29) is 19.0 Å². The molecule has 2 aromatic rings. The van der Waals surface area contributed by atoms with Crippen molar-refractivity contribution in [3.05, 3.63) is 35.6 Å². The van der Waals surface area contributed by atoms with Crippen LogP contribution in [-0.2, 0) is 11.3 Å². The number of ether oxygens (including phenoxy) is 1. The van der Waals surface area contributed by atoms with E-state index in [2.05, 4.69) is 5.92 Å². The van der Waals surface area contributed by atoms with Crippen molar-refractivity contribution < 1.29 is 19.1 Å². The van der Waals surface area contributed by atoms with Crippen LogP contribution >= 0.6 is 0 Å². The first-order valence-corrected chi connectivity index (χ1v) is 4.99. The van der Waals surface area contributed by atoms with Crippen molar-refractivity contribution in [3.8, 4) is 12.3 Å². The summed E-state index contributed by atoms with van der Waals surface area (Å²) in [5.74, 6) is 1.12. The molecule has 0 amide bonds. The van der Waals surface area contributed by atoms with E-state index >= 15 is 0 Å². The summed E-state index contributed by atoms with van der Waals surface area (Å²) in [5, 5.41) is 9.77. The van der Waals surface area contributed by atoms with Gasteiger partial charge in [0, 0.05) is 10.9 Å². The molecule has 0 aliphatic rings. The van der Waals surface area contributed by atoms with Crippen LogP contribution in [0.15, 0.2) is 28.7 Å². The van der Waals surface area contributed by atoms with Crippen LogP contribution in [-0.4, -0.2) is 17.7 Å². The molecule has 0 saturated carbocycles. The molecule has 0 saturated heterocycles. The summed E-state index contributed by atoms with van der Waals surface area (Å²) in [7, 11) is 0. The fourth-order valence-electron chi connectivity index (χ4n) is 1.63. The molecule has 1 heterocycles. The lowest BCUT2D eigenvalue weighted by molar-refractivity contribution is 0.0656. The second kappa shape index (κ2) is 4.73. The van der Waals surface area contributed by atoms with Gasteiger partial charge in [-0.25, -0.2) is 4.79 Å². The van der Waals surface area contributed by atoms with Gasteiger partial charge in [-0.1, -0.05) is 24.1 Å². The fourth-order valence-corrected chi connectivity index (χ4v) is 1.63. The topological polar surface area (TPSA) is 59.7 Å². The second-order valence-corrected chi connectivity index (χ2v) is 3.41. The molecule has 0 spiro atoms. The molecule has 0 aliphatic carbocycles. The highest BCUT2D eigenvalue weighted by Crippen LogP contribution is 2.26. The number of carboxylic acid groups (broad SMARTS) is 1. The predicted octanol–water partition coefficient (Wildman–Crippen LogP) is 2.28. The minimum absolute atomic E-state index is 0.0942. The highest BCUT2D eigenvalue weighted by molar-refractivity contribution is 5.94. The van der Waals surface area contributed by atoms with Crippen molar-refractivity contribution in [1.29, 1.82) is 0 Å². The number of carbonyl (C=O) groups is 1. The van der Waals surface area contributed by atoms with Crippen molar-refractivity contribution in [2.75, 3.05) is 6.61 Å². The van der Waals surface area contributed by atoms with Gasteiger partial charge in [-0.2, -0.15) is 0 Å². The fraction of sp³-hybridized carbons (Fsp3) is 0.154. The van der Waals surface area contributed by atoms with Gasteiger partial charge in [-0.3, -0.25) is 0 Å². The lowest BCUT2D eigenvalue weighted by atomic mass is 10.1. The van der Waals surface area contributed by atoms with E-state index in [1.54, 1.807) is 18.2 Å². The third-order valence-electron chi connectivity index (χ3n) is 2.32. The van der Waals surface area contributed by atoms with Crippen molar-refractivity contribution in [2.24, 2.45) is 0 Å². The Morgan fingerprint density at radius 3 is 2.94 bits per heavy atom. The molecule has 0 radical (unpaired) electrons. The average molecular weight is 230 g/mol. The SMILES string of the molecule is C#CCOCc1c(C(=O)O)oc2ccccc12. The Kier molecular flexibility index (Phi) is 3.12. The Bertz CT molecular complexity index is 589. The summed E-state index contributed by atoms with van der Waals surface area (Å²) in [6.45, 7) is 0.265. The van der Waals surface area contributed by atoms with Crippen LogP contribution in [0.1, 0.15) is 16.1 Å². The zero-order valence-electron chi connectivity index (χ0n) is 8.97. The molecule has 4 heteroatoms. The van der Waals surface area contributed by atoms with Crippen molar-refractivity contribution >= 4 is 16.9 Å². The van der Waals surface area contributed by atoms with Gasteiger partial charge in [0.05, 0.1) is 6.61 Å². The van der Waals surface area contributed by atoms with Crippen molar-refractivity contribution in [2.45, 2.75) is 6.61 Å². The minimum Gasteiger partial charge on any atom is -0.475 e. The molecular formula is C13H10O4. The summed E-state index contributed by atoms with van der Waals surface area (Å²) in [6.07, 6.45) is 5.06. The van der Waals surface area contributed by atoms with E-state index < -0.39 is 5.97 Å². The van der Waals surface area contributed by atoms with E-state index in [9.17, 15) is 4.79 Å². The predicted molar refractivity (Wildman–Crippen MR) is 61.7 cm³/mol. The molecule has 0 atom stereocenters. The molecule has 2 rings (SSSR count). The van der Waals surface area contributed by atoms with Gasteiger partial charge >= 0.3 is 5.97 Å². The highest BCUT2D eigenvalue weighted by Gasteiger charge is 2.19. The van der Waals surface area contributed by atoms with Gasteiger partial charge < -0.3 is 14.3 Å². The van der Waals surface area contributed by atoms with Crippen LogP contribution in [0, 0.1) is 12.3 Å². The summed E-state index contributed by atoms with van der Waals surface area (Å²) in [6, 6.07) is 7.10. The number of furan rings is 1. The number of rotatable bonds is 4. The van der Waals surface area contributed by atoms with Crippen LogP contribution in [0.5, 0.6) is 0 Å². The Labute approximate surface area is 97.8 Å². The summed E-state index contributed by atoms with van der Waals surface area (Å²) >= 11 is 0. The summed E-state index contributed by atoms with van der Waals surface area (Å²) in [5.41, 5.74) is 1.05. The van der Waals surface area contributed by atoms with E-state index in [1.165, 1.54) is 0 Å². The van der Waals surface area contributed by atoms with E-state index in [4.69, 9.17) is 20.7 Å². The lowest BCUT2D eigenvalue weighted by Crippen LogP contribution is -2.01. The summed E-state index contributed by atoms with van der Waals surface area (Å²) in [4.78, 5) is 11.0. The number of hydrogen-bond acceptors (Lipinski definition) is 3. The maximum atomic E-state index is 11.0. The minimum atomic E-state index is -1.11. The normalized spacial score (nSPS) is 10.3. The van der Waals surface area contributed by atoms with Crippen molar-refractivity contribution in [3.63, 3.8) is 0 Å². The molecule has 0 fully saturated rings. The van der Waals surface area contributed by atoms with Gasteiger partial charge in [0.25, 0.3) is 0 Å². The number of hydrogen-bond donors (Lipinski definition) is 1. The van der Waals surface area contributed by atoms with E-state index in [1.807, 2.05) is 6.07 Å². The molecule has 4 nitrogen and oxygen atoms in total. The van der Waals surface area contributed by atoms with Crippen LogP contribution in [0.25, 0.3) is 11.0 Å². The Hall–Kier alpha value is -2.25. The first-order chi connectivity index (χ1) is 8.24. The van der Waals surface area contributed by atoms with Gasteiger partial charge in [0.1, 0.15) is 12.2 Å². The van der Waals surface area contributed by atoms with E-state index in [0.29, 0.717) is 11.1 Å². The lowest BCUT2D eigenvalue weighted by Gasteiger charge is -1.99. The Morgan fingerprint density at radius 2 is 2.24 bits per heavy atom. The maximum Gasteiger partial charge on any atom is 0.372 e. The zero-order chi connectivity index (χ0) is 12.3. The zero-order valence-corrected chi connectivity index (χ0v) is 8.97. The molecule has 0 aliphatic heterocycles. The number of carboxylic acids is 1. The van der Waals surface area contributed by atoms with Gasteiger partial charge in [-0.05, 0) is 6.07 Å². The number of para-hydroxylation sites is 1. The van der Waals surface area contributed by atoms with Crippen LogP contribution in [0.2, 0.25) is 0 Å². The molecule has 1 N–H and O–H groups in total. The maximum absolute atomic E-state index is 11.0. The number of benzene rings is 1. The van der Waals surface area contributed by atoms with Crippen LogP contribution in [0.4, 0.5) is 0 Å². The van der Waals surface area contributed by atoms with Crippen molar-refractivity contribution in [1.82, 2.24) is 0 Å². The third-order valence-corrected chi connectivity index (χ3v) is 2.32. The van der Waals surface area contributed by atoms with Crippen LogP contribution < -0.4 is 0 Å². The molecule has 86 valence electrons. The highest BCUT2D eigenvalue weighted by atomic mass is 16.5. The average Bonchev–Trinajstić information content (AvgIpc) is 2.69. The smallest absolute Gasteiger partial charge is 0.372 e. The number of terminal acetylenes is 1. The Balaban J connectivity index is 2.45. The summed E-state index contributed by atoms with van der Waals surface area (Å²) < 4.78 is 10.4. The molecule has 1 aromatic heterocycles. The van der Waals surface area contributed by atoms with E-state index in [0.717, 1.165) is 5.39 Å². The Morgan fingerprint density at radius 1 is 1.47 bits per heavy atom. The molecular weight excluding hydrogens is 220 g/mol. The molecule has 0 bridgehead atoms. The second-order valence-electron chi connectivity index (χ2n) is 3.41. The monoisotopic (exact) mass is 230 g/mol. The molecule has 0 unspecified atom stereocenters. The molecule has 17 heavy (non-hydrogen) atoms. The first-order valence-electron chi connectivity index (χ1n) is 4.99. The first kappa shape index (κ1) is 11.2. The third kappa shape index (κ3) is 2.14. The quantitative estimate of drug-likeness (QED) is 0.646. The number of fused-ring (bicyclic) bond motifs is 1. The largest absolute Gasteiger partial charge is 0.475 e. The van der Waals surface area contributed by atoms with Gasteiger partial charge in [0.2, 0.25) is 5.76 Å². The van der Waals surface area contributed by atoms with Crippen LogP contribution in [0.3, 0.4) is 0 Å². The van der Waals surface area contributed by atoms with Gasteiger partial charge in [-0.15, -0.1) is 6.42 Å². The molecule has 1 aromatic carbocycles. The number of aromatic carboxylic acids is 1. The van der Waals surface area contributed by atoms with Gasteiger partial charge in [0.15, 0.2) is 0 Å². The standard InChI is InChI=1S/C13H10O4/c1-2-7-16-8-10-9-5-3-4-6-11(9)17-12(10)13(14)15/h1,3-6H,7-8H2,(H,14,15).